The van der Waals surface area contributed by atoms with Crippen molar-refractivity contribution in [2.75, 3.05) is 13.2 Å². The zero-order valence-corrected chi connectivity index (χ0v) is 20.0. The van der Waals surface area contributed by atoms with E-state index in [1.165, 1.54) is 6.07 Å². The van der Waals surface area contributed by atoms with Crippen molar-refractivity contribution in [3.05, 3.63) is 71.6 Å². The molecule has 2 aliphatic carbocycles. The molecule has 0 unspecified atom stereocenters. The van der Waals surface area contributed by atoms with Crippen LogP contribution in [-0.4, -0.2) is 13.2 Å². The second-order valence-electron chi connectivity index (χ2n) is 10.0. The molecule has 0 heterocycles. The SMILES string of the molecule is C=CCOc1ccc(OCC2CCC(c3ccc(C4CCC(C)CC4)c(F)c3F)CC2)cc1F. The maximum Gasteiger partial charge on any atom is 0.168 e. The minimum absolute atomic E-state index is 0.0323. The number of benzene rings is 2. The first kappa shape index (κ1) is 24.7. The van der Waals surface area contributed by atoms with Crippen LogP contribution in [0.5, 0.6) is 11.5 Å². The van der Waals surface area contributed by atoms with E-state index in [0.717, 1.165) is 51.4 Å². The van der Waals surface area contributed by atoms with Crippen LogP contribution in [0.3, 0.4) is 0 Å². The molecule has 0 saturated heterocycles. The minimum atomic E-state index is -0.648. The molecule has 2 aromatic carbocycles. The summed E-state index contributed by atoms with van der Waals surface area (Å²) in [7, 11) is 0. The molecule has 4 rings (SSSR count). The summed E-state index contributed by atoms with van der Waals surface area (Å²) in [5, 5.41) is 0. The van der Waals surface area contributed by atoms with Crippen molar-refractivity contribution in [2.45, 2.75) is 70.1 Å². The third kappa shape index (κ3) is 5.79. The van der Waals surface area contributed by atoms with Crippen molar-refractivity contribution in [2.24, 2.45) is 11.8 Å². The van der Waals surface area contributed by atoms with Crippen LogP contribution in [0, 0.1) is 29.3 Å². The van der Waals surface area contributed by atoms with Crippen molar-refractivity contribution in [3.63, 3.8) is 0 Å². The Morgan fingerprint density at radius 3 is 1.97 bits per heavy atom. The summed E-state index contributed by atoms with van der Waals surface area (Å²) in [4.78, 5) is 0. The maximum atomic E-state index is 15.0. The van der Waals surface area contributed by atoms with Gasteiger partial charge in [0.1, 0.15) is 12.4 Å². The minimum Gasteiger partial charge on any atom is -0.493 e. The Morgan fingerprint density at radius 1 is 0.824 bits per heavy atom. The molecule has 34 heavy (non-hydrogen) atoms. The van der Waals surface area contributed by atoms with E-state index in [9.17, 15) is 8.78 Å². The normalized spacial score (nSPS) is 25.1. The van der Waals surface area contributed by atoms with E-state index in [-0.39, 0.29) is 24.2 Å². The molecule has 0 bridgehead atoms. The van der Waals surface area contributed by atoms with Gasteiger partial charge in [0.05, 0.1) is 6.61 Å². The van der Waals surface area contributed by atoms with E-state index in [1.807, 2.05) is 12.1 Å². The highest BCUT2D eigenvalue weighted by atomic mass is 19.2. The third-order valence-corrected chi connectivity index (χ3v) is 7.63. The molecule has 2 aliphatic rings. The van der Waals surface area contributed by atoms with Gasteiger partial charge in [-0.05, 0) is 85.5 Å². The Bertz CT molecular complexity index is 974. The fraction of sp³-hybridized carbons (Fsp3) is 0.517. The smallest absolute Gasteiger partial charge is 0.168 e. The topological polar surface area (TPSA) is 18.5 Å². The lowest BCUT2D eigenvalue weighted by Gasteiger charge is -2.30. The molecular formula is C29H35F3O2. The summed E-state index contributed by atoms with van der Waals surface area (Å²) < 4.78 is 55.2. The van der Waals surface area contributed by atoms with Crippen LogP contribution in [0.2, 0.25) is 0 Å². The molecule has 2 aromatic rings. The van der Waals surface area contributed by atoms with Crippen molar-refractivity contribution >= 4 is 0 Å². The number of hydrogen-bond acceptors (Lipinski definition) is 2. The van der Waals surface area contributed by atoms with Crippen LogP contribution in [0.15, 0.2) is 43.0 Å². The van der Waals surface area contributed by atoms with E-state index in [4.69, 9.17) is 9.47 Å². The maximum absolute atomic E-state index is 15.0. The van der Waals surface area contributed by atoms with Gasteiger partial charge in [0, 0.05) is 6.07 Å². The summed E-state index contributed by atoms with van der Waals surface area (Å²) in [6.07, 6.45) is 8.95. The van der Waals surface area contributed by atoms with Crippen molar-refractivity contribution in [1.82, 2.24) is 0 Å². The molecule has 2 fully saturated rings. The van der Waals surface area contributed by atoms with Crippen molar-refractivity contribution in [3.8, 4) is 11.5 Å². The molecule has 0 amide bonds. The quantitative estimate of drug-likeness (QED) is 0.360. The van der Waals surface area contributed by atoms with Gasteiger partial charge in [-0.3, -0.25) is 0 Å². The van der Waals surface area contributed by atoms with E-state index in [1.54, 1.807) is 18.2 Å². The highest BCUT2D eigenvalue weighted by Crippen LogP contribution is 2.41. The summed E-state index contributed by atoms with van der Waals surface area (Å²) in [5.41, 5.74) is 1.07. The van der Waals surface area contributed by atoms with Gasteiger partial charge in [-0.25, -0.2) is 13.2 Å². The number of hydrogen-bond donors (Lipinski definition) is 0. The zero-order valence-electron chi connectivity index (χ0n) is 20.0. The van der Waals surface area contributed by atoms with Gasteiger partial charge in [-0.15, -0.1) is 0 Å². The molecule has 0 radical (unpaired) electrons. The number of ether oxygens (including phenoxy) is 2. The molecule has 0 aromatic heterocycles. The van der Waals surface area contributed by atoms with Gasteiger partial charge in [-0.2, -0.15) is 0 Å². The van der Waals surface area contributed by atoms with Gasteiger partial charge in [0.2, 0.25) is 0 Å². The first-order valence-electron chi connectivity index (χ1n) is 12.6. The molecule has 0 aliphatic heterocycles. The monoisotopic (exact) mass is 472 g/mol. The van der Waals surface area contributed by atoms with Crippen LogP contribution >= 0.6 is 0 Å². The standard InChI is InChI=1S/C29H35F3O2/c1-3-16-33-27-15-12-23(17-26(27)30)34-18-20-6-10-22(11-7-20)25-14-13-24(28(31)29(25)32)21-8-4-19(2)5-9-21/h3,12-15,17,19-22H,1,4-11,16,18H2,2H3. The molecule has 184 valence electrons. The lowest BCUT2D eigenvalue weighted by Crippen LogP contribution is -2.20. The predicted octanol–water partition coefficient (Wildman–Crippen LogP) is 8.32. The van der Waals surface area contributed by atoms with Crippen LogP contribution in [0.4, 0.5) is 13.2 Å². The van der Waals surface area contributed by atoms with Gasteiger partial charge in [0.15, 0.2) is 23.2 Å². The Morgan fingerprint density at radius 2 is 1.41 bits per heavy atom. The van der Waals surface area contributed by atoms with E-state index in [0.29, 0.717) is 35.3 Å². The second kappa shape index (κ2) is 11.3. The first-order valence-corrected chi connectivity index (χ1v) is 12.6. The molecule has 0 spiro atoms. The highest BCUT2D eigenvalue weighted by Gasteiger charge is 2.29. The summed E-state index contributed by atoms with van der Waals surface area (Å²) in [5.74, 6) is 0.0501. The molecule has 0 atom stereocenters. The van der Waals surface area contributed by atoms with Crippen LogP contribution < -0.4 is 9.47 Å². The van der Waals surface area contributed by atoms with Gasteiger partial charge < -0.3 is 9.47 Å². The van der Waals surface area contributed by atoms with Gasteiger partial charge in [0.25, 0.3) is 0 Å². The second-order valence-corrected chi connectivity index (χ2v) is 10.0. The van der Waals surface area contributed by atoms with Crippen LogP contribution in [0.1, 0.15) is 81.3 Å². The Labute approximate surface area is 201 Å². The van der Waals surface area contributed by atoms with Crippen molar-refractivity contribution in [1.29, 1.82) is 0 Å². The fourth-order valence-corrected chi connectivity index (χ4v) is 5.47. The Balaban J connectivity index is 1.30. The van der Waals surface area contributed by atoms with Crippen molar-refractivity contribution < 1.29 is 22.6 Å². The van der Waals surface area contributed by atoms with E-state index >= 15 is 4.39 Å². The van der Waals surface area contributed by atoms with Gasteiger partial charge in [-0.1, -0.05) is 44.6 Å². The lowest BCUT2D eigenvalue weighted by atomic mass is 9.76. The molecule has 2 saturated carbocycles. The molecule has 5 heteroatoms. The number of rotatable bonds is 8. The number of halogens is 3. The average molecular weight is 473 g/mol. The highest BCUT2D eigenvalue weighted by molar-refractivity contribution is 5.34. The van der Waals surface area contributed by atoms with E-state index in [2.05, 4.69) is 13.5 Å². The summed E-state index contributed by atoms with van der Waals surface area (Å²) in [6.45, 7) is 6.50. The average Bonchev–Trinajstić information content (AvgIpc) is 2.85. The molecule has 0 N–H and O–H groups in total. The predicted molar refractivity (Wildman–Crippen MR) is 129 cm³/mol. The van der Waals surface area contributed by atoms with Crippen LogP contribution in [-0.2, 0) is 0 Å². The third-order valence-electron chi connectivity index (χ3n) is 7.63. The van der Waals surface area contributed by atoms with Gasteiger partial charge >= 0.3 is 0 Å². The summed E-state index contributed by atoms with van der Waals surface area (Å²) in [6, 6.07) is 8.24. The fourth-order valence-electron chi connectivity index (χ4n) is 5.47. The van der Waals surface area contributed by atoms with Crippen LogP contribution in [0.25, 0.3) is 0 Å². The first-order chi connectivity index (χ1) is 16.5. The summed E-state index contributed by atoms with van der Waals surface area (Å²) >= 11 is 0. The molecule has 2 nitrogen and oxygen atoms in total. The zero-order chi connectivity index (χ0) is 24.1. The van der Waals surface area contributed by atoms with E-state index < -0.39 is 17.5 Å². The molecular weight excluding hydrogens is 437 g/mol. The Hall–Kier alpha value is -2.43. The largest absolute Gasteiger partial charge is 0.493 e. The lowest BCUT2D eigenvalue weighted by molar-refractivity contribution is 0.198. The Kier molecular flexibility index (Phi) is 8.23.